The van der Waals surface area contributed by atoms with Crippen molar-refractivity contribution in [2.75, 3.05) is 26.0 Å². The van der Waals surface area contributed by atoms with Gasteiger partial charge in [-0.05, 0) is 30.7 Å². The van der Waals surface area contributed by atoms with Crippen molar-refractivity contribution in [3.63, 3.8) is 0 Å². The third-order valence-electron chi connectivity index (χ3n) is 3.86. The van der Waals surface area contributed by atoms with Crippen molar-refractivity contribution in [1.29, 1.82) is 0 Å². The minimum Gasteiger partial charge on any atom is -0.496 e. The number of methoxy groups -OCH3 is 1. The molecule has 0 atom stereocenters. The number of carbonyl (C=O) groups is 2. The molecule has 0 fully saturated rings. The SMILES string of the molecule is CCN(Cc1cccc(F)c1)C(=O)COC(=O)c1cc(Cl)c(N)cc1OC. The van der Waals surface area contributed by atoms with Crippen molar-refractivity contribution in [2.24, 2.45) is 0 Å². The van der Waals surface area contributed by atoms with Crippen LogP contribution in [0.3, 0.4) is 0 Å². The van der Waals surface area contributed by atoms with E-state index in [-0.39, 0.29) is 34.4 Å². The molecule has 144 valence electrons. The largest absolute Gasteiger partial charge is 0.496 e. The lowest BCUT2D eigenvalue weighted by molar-refractivity contribution is -0.134. The number of carbonyl (C=O) groups excluding carboxylic acids is 2. The number of ether oxygens (including phenoxy) is 2. The lowest BCUT2D eigenvalue weighted by Crippen LogP contribution is -2.34. The predicted molar refractivity (Wildman–Crippen MR) is 100 cm³/mol. The molecule has 0 radical (unpaired) electrons. The van der Waals surface area contributed by atoms with Gasteiger partial charge >= 0.3 is 5.97 Å². The van der Waals surface area contributed by atoms with Crippen LogP contribution in [-0.4, -0.2) is 37.0 Å². The number of likely N-dealkylation sites (N-methyl/N-ethyl adjacent to an activating group) is 1. The molecule has 8 heteroatoms. The molecule has 0 aromatic heterocycles. The molecule has 0 heterocycles. The van der Waals surface area contributed by atoms with E-state index in [1.807, 2.05) is 0 Å². The summed E-state index contributed by atoms with van der Waals surface area (Å²) in [6.07, 6.45) is 0. The van der Waals surface area contributed by atoms with Crippen molar-refractivity contribution in [1.82, 2.24) is 4.90 Å². The number of rotatable bonds is 7. The van der Waals surface area contributed by atoms with Crippen LogP contribution in [0.15, 0.2) is 36.4 Å². The summed E-state index contributed by atoms with van der Waals surface area (Å²) >= 11 is 5.93. The van der Waals surface area contributed by atoms with E-state index in [0.29, 0.717) is 12.1 Å². The number of nitrogens with two attached hydrogens (primary N) is 1. The van der Waals surface area contributed by atoms with Gasteiger partial charge in [-0.1, -0.05) is 23.7 Å². The van der Waals surface area contributed by atoms with E-state index in [4.69, 9.17) is 26.8 Å². The molecule has 2 rings (SSSR count). The molecule has 0 saturated heterocycles. The second kappa shape index (κ2) is 9.23. The van der Waals surface area contributed by atoms with E-state index < -0.39 is 18.5 Å². The van der Waals surface area contributed by atoms with Gasteiger partial charge in [-0.25, -0.2) is 9.18 Å². The standard InChI is InChI=1S/C19H20ClFN2O4/c1-3-23(10-12-5-4-6-13(21)7-12)18(24)11-27-19(25)14-8-15(20)16(22)9-17(14)26-2/h4-9H,3,10-11,22H2,1-2H3. The van der Waals surface area contributed by atoms with Gasteiger partial charge in [0.2, 0.25) is 0 Å². The zero-order chi connectivity index (χ0) is 20.0. The Bertz CT molecular complexity index is 844. The molecule has 2 aromatic rings. The Hall–Kier alpha value is -2.80. The molecule has 6 nitrogen and oxygen atoms in total. The lowest BCUT2D eigenvalue weighted by atomic mass is 10.2. The van der Waals surface area contributed by atoms with E-state index in [1.165, 1.54) is 36.3 Å². The van der Waals surface area contributed by atoms with E-state index in [9.17, 15) is 14.0 Å². The smallest absolute Gasteiger partial charge is 0.342 e. The van der Waals surface area contributed by atoms with Crippen molar-refractivity contribution in [3.8, 4) is 5.75 Å². The maximum absolute atomic E-state index is 13.3. The second-order valence-corrected chi connectivity index (χ2v) is 6.10. The first-order valence-corrected chi connectivity index (χ1v) is 8.55. The average Bonchev–Trinajstić information content (AvgIpc) is 2.65. The van der Waals surface area contributed by atoms with Gasteiger partial charge in [-0.15, -0.1) is 0 Å². The monoisotopic (exact) mass is 394 g/mol. The molecule has 1 amide bonds. The number of hydrogen-bond donors (Lipinski definition) is 1. The number of esters is 1. The third kappa shape index (κ3) is 5.34. The maximum atomic E-state index is 13.3. The summed E-state index contributed by atoms with van der Waals surface area (Å²) in [6, 6.07) is 8.69. The first-order valence-electron chi connectivity index (χ1n) is 8.18. The lowest BCUT2D eigenvalue weighted by Gasteiger charge is -2.21. The van der Waals surface area contributed by atoms with Crippen LogP contribution in [0.25, 0.3) is 0 Å². The number of amides is 1. The minimum atomic E-state index is -0.760. The molecule has 2 aromatic carbocycles. The molecule has 0 aliphatic heterocycles. The van der Waals surface area contributed by atoms with Crippen molar-refractivity contribution >= 4 is 29.2 Å². The van der Waals surface area contributed by atoms with Crippen molar-refractivity contribution in [3.05, 3.63) is 58.4 Å². The number of halogens is 2. The number of hydrogen-bond acceptors (Lipinski definition) is 5. The first kappa shape index (κ1) is 20.5. The molecule has 2 N–H and O–H groups in total. The zero-order valence-corrected chi connectivity index (χ0v) is 15.8. The summed E-state index contributed by atoms with van der Waals surface area (Å²) in [5, 5.41) is 0.176. The molecule has 27 heavy (non-hydrogen) atoms. The van der Waals surface area contributed by atoms with Gasteiger partial charge in [0.05, 0.1) is 17.8 Å². The summed E-state index contributed by atoms with van der Waals surface area (Å²) < 4.78 is 23.5. The van der Waals surface area contributed by atoms with E-state index in [0.717, 1.165) is 0 Å². The Morgan fingerprint density at radius 1 is 1.26 bits per heavy atom. The van der Waals surface area contributed by atoms with Crippen LogP contribution in [-0.2, 0) is 16.1 Å². The topological polar surface area (TPSA) is 81.9 Å². The number of anilines is 1. The van der Waals surface area contributed by atoms with E-state index in [1.54, 1.807) is 19.1 Å². The highest BCUT2D eigenvalue weighted by atomic mass is 35.5. The van der Waals surface area contributed by atoms with Crippen LogP contribution in [0, 0.1) is 5.82 Å². The summed E-state index contributed by atoms with van der Waals surface area (Å²) in [6.45, 7) is 1.90. The molecular formula is C19H20ClFN2O4. The molecule has 0 unspecified atom stereocenters. The molecule has 0 spiro atoms. The quantitative estimate of drug-likeness (QED) is 0.575. The van der Waals surface area contributed by atoms with E-state index in [2.05, 4.69) is 0 Å². The number of benzene rings is 2. The summed E-state index contributed by atoms with van der Waals surface area (Å²) in [5.74, 6) is -1.35. The first-order chi connectivity index (χ1) is 12.8. The summed E-state index contributed by atoms with van der Waals surface area (Å²) in [5.41, 5.74) is 6.64. The molecule has 0 aliphatic rings. The van der Waals surface area contributed by atoms with Gasteiger partial charge in [0.1, 0.15) is 17.1 Å². The fraction of sp³-hybridized carbons (Fsp3) is 0.263. The predicted octanol–water partition coefficient (Wildman–Crippen LogP) is 3.28. The molecular weight excluding hydrogens is 375 g/mol. The fourth-order valence-corrected chi connectivity index (χ4v) is 2.59. The highest BCUT2D eigenvalue weighted by Crippen LogP contribution is 2.29. The molecule has 0 saturated carbocycles. The van der Waals surface area contributed by atoms with Crippen LogP contribution in [0.5, 0.6) is 5.75 Å². The normalized spacial score (nSPS) is 10.4. The van der Waals surface area contributed by atoms with Gasteiger partial charge in [0.15, 0.2) is 6.61 Å². The van der Waals surface area contributed by atoms with E-state index >= 15 is 0 Å². The average molecular weight is 395 g/mol. The highest BCUT2D eigenvalue weighted by Gasteiger charge is 2.19. The van der Waals surface area contributed by atoms with Gasteiger partial charge in [-0.2, -0.15) is 0 Å². The molecule has 0 aliphatic carbocycles. The van der Waals surface area contributed by atoms with Crippen LogP contribution >= 0.6 is 11.6 Å². The Kier molecular flexibility index (Phi) is 7.01. The Labute approximate surface area is 161 Å². The number of nitrogen functional groups attached to an aromatic ring is 1. The zero-order valence-electron chi connectivity index (χ0n) is 15.0. The van der Waals surface area contributed by atoms with Crippen LogP contribution in [0.1, 0.15) is 22.8 Å². The minimum absolute atomic E-state index is 0.0673. The van der Waals surface area contributed by atoms with Gasteiger partial charge in [0, 0.05) is 19.2 Å². The Morgan fingerprint density at radius 2 is 2.00 bits per heavy atom. The van der Waals surface area contributed by atoms with Crippen LogP contribution < -0.4 is 10.5 Å². The van der Waals surface area contributed by atoms with Crippen LogP contribution in [0.4, 0.5) is 10.1 Å². The van der Waals surface area contributed by atoms with Crippen molar-refractivity contribution < 1.29 is 23.5 Å². The Morgan fingerprint density at radius 3 is 2.63 bits per heavy atom. The Balaban J connectivity index is 2.03. The van der Waals surface area contributed by atoms with Crippen molar-refractivity contribution in [2.45, 2.75) is 13.5 Å². The number of nitrogens with zero attached hydrogens (tertiary/aromatic N) is 1. The van der Waals surface area contributed by atoms with Gasteiger partial charge < -0.3 is 20.1 Å². The van der Waals surface area contributed by atoms with Crippen LogP contribution in [0.2, 0.25) is 5.02 Å². The van der Waals surface area contributed by atoms with Gasteiger partial charge in [0.25, 0.3) is 5.91 Å². The highest BCUT2D eigenvalue weighted by molar-refractivity contribution is 6.33. The van der Waals surface area contributed by atoms with Gasteiger partial charge in [-0.3, -0.25) is 4.79 Å². The second-order valence-electron chi connectivity index (χ2n) is 5.69. The third-order valence-corrected chi connectivity index (χ3v) is 4.19. The maximum Gasteiger partial charge on any atom is 0.342 e. The fourth-order valence-electron chi connectivity index (χ4n) is 2.43. The molecule has 0 bridgehead atoms. The summed E-state index contributed by atoms with van der Waals surface area (Å²) in [4.78, 5) is 26.1. The summed E-state index contributed by atoms with van der Waals surface area (Å²) in [7, 11) is 1.38.